The molecule has 13 heteroatoms. The predicted octanol–water partition coefficient (Wildman–Crippen LogP) is 2.69. The van der Waals surface area contributed by atoms with Gasteiger partial charge in [-0.3, -0.25) is 9.59 Å². The number of anilines is 4. The number of thiazole rings is 1. The van der Waals surface area contributed by atoms with E-state index in [0.717, 1.165) is 23.3 Å². The van der Waals surface area contributed by atoms with E-state index < -0.39 is 0 Å². The molecule has 1 amide bonds. The van der Waals surface area contributed by atoms with Crippen molar-refractivity contribution in [3.63, 3.8) is 0 Å². The first-order valence-electron chi connectivity index (χ1n) is 13.6. The minimum atomic E-state index is -0.241. The van der Waals surface area contributed by atoms with Crippen LogP contribution in [0.5, 0.6) is 0 Å². The summed E-state index contributed by atoms with van der Waals surface area (Å²) in [6.07, 6.45) is 7.71. The summed E-state index contributed by atoms with van der Waals surface area (Å²) in [6, 6.07) is 3.96. The van der Waals surface area contributed by atoms with E-state index >= 15 is 0 Å². The molecule has 1 aliphatic carbocycles. The number of nitrogens with one attached hydrogen (secondary N) is 3. The minimum absolute atomic E-state index is 0.163. The van der Waals surface area contributed by atoms with Crippen molar-refractivity contribution in [1.82, 2.24) is 15.3 Å². The molecule has 208 valence electrons. The summed E-state index contributed by atoms with van der Waals surface area (Å²) in [5.74, 6) is 1.49. The zero-order valence-electron chi connectivity index (χ0n) is 21.8. The lowest BCUT2D eigenvalue weighted by Crippen LogP contribution is -2.68. The molecular formula is C27H30N7O5S+. The van der Waals surface area contributed by atoms with Gasteiger partial charge in [0.05, 0.1) is 41.3 Å². The molecule has 4 aromatic heterocycles. The van der Waals surface area contributed by atoms with E-state index in [1.807, 2.05) is 11.0 Å². The molecule has 40 heavy (non-hydrogen) atoms. The number of furan rings is 1. The fourth-order valence-electron chi connectivity index (χ4n) is 5.60. The fraction of sp³-hybridized carbons (Fsp3) is 0.407. The van der Waals surface area contributed by atoms with Crippen LogP contribution in [0.15, 0.2) is 38.2 Å². The Morgan fingerprint density at radius 2 is 1.98 bits per heavy atom. The number of amides is 1. The van der Waals surface area contributed by atoms with Crippen LogP contribution in [0.1, 0.15) is 41.6 Å². The van der Waals surface area contributed by atoms with Crippen LogP contribution in [0.4, 0.5) is 22.7 Å². The standard InChI is InChI=1S/C27H29N7O5S/c28-16-3-1-2-4-17(16)31-20-9-14-11-29-26(36)22(14)25(32-20)33-27-30-12-19(40-27)15-13-38-24-18(35)10-21(39-23(15)24)34-5-7-37-8-6-34/h9-10,12-13,16-17H,1-8,11,28H2,(H,29,36)(H2,30,31,32,33)/p+1/t16-,17+/m1/s1. The van der Waals surface area contributed by atoms with Crippen LogP contribution < -0.4 is 32.0 Å². The summed E-state index contributed by atoms with van der Waals surface area (Å²) in [5.41, 5.74) is 6.66. The number of nitrogens with zero attached hydrogens (tertiary/aromatic N) is 3. The summed E-state index contributed by atoms with van der Waals surface area (Å²) in [7, 11) is 0. The molecule has 1 saturated heterocycles. The number of fused-ring (bicyclic) bond motifs is 2. The highest BCUT2D eigenvalue weighted by atomic mass is 32.1. The maximum atomic E-state index is 12.8. The van der Waals surface area contributed by atoms with Gasteiger partial charge in [-0.05, 0) is 24.5 Å². The highest BCUT2D eigenvalue weighted by Crippen LogP contribution is 2.38. The Morgan fingerprint density at radius 3 is 2.83 bits per heavy atom. The Hall–Kier alpha value is -3.94. The third kappa shape index (κ3) is 4.59. The molecule has 0 spiro atoms. The number of hydrogen-bond donors (Lipinski definition) is 4. The van der Waals surface area contributed by atoms with Crippen LogP contribution in [0.25, 0.3) is 21.6 Å². The van der Waals surface area contributed by atoms with E-state index in [0.29, 0.717) is 78.3 Å². The molecule has 2 aliphatic heterocycles. The van der Waals surface area contributed by atoms with Gasteiger partial charge < -0.3 is 40.2 Å². The fourth-order valence-corrected chi connectivity index (χ4v) is 6.42. The molecule has 1 saturated carbocycles. The van der Waals surface area contributed by atoms with Gasteiger partial charge >= 0.3 is 0 Å². The highest BCUT2D eigenvalue weighted by molar-refractivity contribution is 7.19. The number of pyridine rings is 1. The Bertz CT molecular complexity index is 1640. The lowest BCUT2D eigenvalue weighted by Gasteiger charge is -2.27. The van der Waals surface area contributed by atoms with Gasteiger partial charge in [0.1, 0.15) is 23.9 Å². The van der Waals surface area contributed by atoms with Crippen molar-refractivity contribution in [3.05, 3.63) is 45.9 Å². The van der Waals surface area contributed by atoms with Crippen molar-refractivity contribution in [3.8, 4) is 10.4 Å². The lowest BCUT2D eigenvalue weighted by molar-refractivity contribution is -0.427. The number of hydrogen-bond acceptors (Lipinski definition) is 11. The third-order valence-corrected chi connectivity index (χ3v) is 8.71. The average molecular weight is 565 g/mol. The Labute approximate surface area is 232 Å². The molecule has 3 aliphatic rings. The average Bonchev–Trinajstić information content (AvgIpc) is 3.69. The normalized spacial score (nSPS) is 20.9. The lowest BCUT2D eigenvalue weighted by atomic mass is 9.91. The molecule has 0 radical (unpaired) electrons. The van der Waals surface area contributed by atoms with Crippen molar-refractivity contribution in [1.29, 1.82) is 0 Å². The van der Waals surface area contributed by atoms with Gasteiger partial charge in [-0.25, -0.2) is 9.97 Å². The Balaban J connectivity index is 1.19. The SMILES string of the molecule is [NH3+][C@@H]1CCCC[C@@H]1Nc1cc2c(c(Nc3ncc(-c4coc5c(=O)cc(N6CCOCC6)oc45)s3)n1)C(=O)NC2. The predicted molar refractivity (Wildman–Crippen MR) is 150 cm³/mol. The van der Waals surface area contributed by atoms with Crippen LogP contribution in [-0.4, -0.2) is 54.3 Å². The second-order valence-electron chi connectivity index (χ2n) is 10.4. The largest absolute Gasteiger partial charge is 0.456 e. The summed E-state index contributed by atoms with van der Waals surface area (Å²) in [6.45, 7) is 2.89. The van der Waals surface area contributed by atoms with E-state index in [-0.39, 0.29) is 23.0 Å². The highest BCUT2D eigenvalue weighted by Gasteiger charge is 2.29. The van der Waals surface area contributed by atoms with E-state index in [1.165, 1.54) is 36.5 Å². The number of quaternary nitrogens is 1. The second kappa shape index (κ2) is 10.2. The minimum Gasteiger partial charge on any atom is -0.456 e. The third-order valence-electron chi connectivity index (χ3n) is 7.76. The van der Waals surface area contributed by atoms with Crippen molar-refractivity contribution in [2.45, 2.75) is 44.3 Å². The summed E-state index contributed by atoms with van der Waals surface area (Å²) < 4.78 is 17.2. The van der Waals surface area contributed by atoms with E-state index in [1.54, 1.807) is 6.20 Å². The van der Waals surface area contributed by atoms with E-state index in [4.69, 9.17) is 18.6 Å². The first-order chi connectivity index (χ1) is 19.5. The van der Waals surface area contributed by atoms with E-state index in [9.17, 15) is 9.59 Å². The zero-order valence-corrected chi connectivity index (χ0v) is 22.6. The number of aromatic nitrogens is 2. The summed E-state index contributed by atoms with van der Waals surface area (Å²) >= 11 is 1.36. The number of carbonyl (C=O) groups is 1. The molecule has 0 bridgehead atoms. The van der Waals surface area contributed by atoms with Gasteiger partial charge in [0.15, 0.2) is 16.6 Å². The number of ether oxygens (including phenoxy) is 1. The van der Waals surface area contributed by atoms with Gasteiger partial charge in [0.2, 0.25) is 11.0 Å². The van der Waals surface area contributed by atoms with Crippen molar-refractivity contribution in [2.75, 3.05) is 41.8 Å². The maximum Gasteiger partial charge on any atom is 0.255 e. The van der Waals surface area contributed by atoms with Gasteiger partial charge in [0.25, 0.3) is 5.91 Å². The molecule has 0 aromatic carbocycles. The van der Waals surface area contributed by atoms with Crippen LogP contribution in [-0.2, 0) is 11.3 Å². The van der Waals surface area contributed by atoms with Gasteiger partial charge in [-0.15, -0.1) is 0 Å². The van der Waals surface area contributed by atoms with Gasteiger partial charge in [-0.2, -0.15) is 0 Å². The molecular weight excluding hydrogens is 534 g/mol. The van der Waals surface area contributed by atoms with Crippen molar-refractivity contribution in [2.24, 2.45) is 0 Å². The summed E-state index contributed by atoms with van der Waals surface area (Å²) in [5, 5.41) is 10.3. The summed E-state index contributed by atoms with van der Waals surface area (Å²) in [4.78, 5) is 37.5. The number of carbonyl (C=O) groups excluding carboxylic acids is 1. The quantitative estimate of drug-likeness (QED) is 0.274. The van der Waals surface area contributed by atoms with Crippen LogP contribution in [0.2, 0.25) is 0 Å². The smallest absolute Gasteiger partial charge is 0.255 e. The molecule has 4 aromatic rings. The molecule has 0 unspecified atom stereocenters. The van der Waals surface area contributed by atoms with E-state index in [2.05, 4.69) is 26.7 Å². The molecule has 6 heterocycles. The molecule has 7 rings (SSSR count). The van der Waals surface area contributed by atoms with Gasteiger partial charge in [-0.1, -0.05) is 17.8 Å². The van der Waals surface area contributed by atoms with Crippen LogP contribution >= 0.6 is 11.3 Å². The van der Waals surface area contributed by atoms with Crippen molar-refractivity contribution < 1.29 is 24.1 Å². The Morgan fingerprint density at radius 1 is 1.12 bits per heavy atom. The monoisotopic (exact) mass is 564 g/mol. The second-order valence-corrected chi connectivity index (χ2v) is 11.4. The zero-order chi connectivity index (χ0) is 27.2. The molecule has 2 fully saturated rings. The number of morpholine rings is 1. The number of rotatable bonds is 6. The molecule has 12 nitrogen and oxygen atoms in total. The first kappa shape index (κ1) is 25.1. The van der Waals surface area contributed by atoms with Crippen LogP contribution in [0.3, 0.4) is 0 Å². The Kier molecular flexibility index (Phi) is 6.41. The molecule has 2 atom stereocenters. The van der Waals surface area contributed by atoms with Crippen LogP contribution in [0, 0.1) is 0 Å². The van der Waals surface area contributed by atoms with Crippen molar-refractivity contribution >= 4 is 51.1 Å². The maximum absolute atomic E-state index is 12.8. The molecule has 6 N–H and O–H groups in total. The topological polar surface area (TPSA) is 162 Å². The first-order valence-corrected chi connectivity index (χ1v) is 14.4. The van der Waals surface area contributed by atoms with Gasteiger partial charge in [0, 0.05) is 32.3 Å².